The summed E-state index contributed by atoms with van der Waals surface area (Å²) < 4.78 is 1.77. The molecule has 3 aromatic carbocycles. The van der Waals surface area contributed by atoms with Crippen LogP contribution in [0.2, 0.25) is 5.02 Å². The molecule has 1 N–H and O–H groups in total. The van der Waals surface area contributed by atoms with E-state index in [0.29, 0.717) is 5.02 Å². The molecule has 4 rings (SSSR count). The molecule has 0 spiro atoms. The van der Waals surface area contributed by atoms with Crippen molar-refractivity contribution in [3.05, 3.63) is 82.9 Å². The molecule has 1 heterocycles. The van der Waals surface area contributed by atoms with Gasteiger partial charge in [0, 0.05) is 21.7 Å². The monoisotopic (exact) mass is 403 g/mol. The van der Waals surface area contributed by atoms with Gasteiger partial charge < -0.3 is 5.32 Å². The predicted molar refractivity (Wildman–Crippen MR) is 119 cm³/mol. The molecule has 0 aliphatic rings. The molecule has 4 nitrogen and oxygen atoms in total. The van der Waals surface area contributed by atoms with E-state index in [1.54, 1.807) is 4.68 Å². The fraction of sp³-hybridized carbons (Fsp3) is 0.167. The third kappa shape index (κ3) is 3.89. The Morgan fingerprint density at radius 2 is 1.69 bits per heavy atom. The summed E-state index contributed by atoms with van der Waals surface area (Å²) in [7, 11) is 0. The van der Waals surface area contributed by atoms with Gasteiger partial charge >= 0.3 is 0 Å². The average Bonchev–Trinajstić information content (AvgIpc) is 3.05. The maximum absolute atomic E-state index is 13.0. The lowest BCUT2D eigenvalue weighted by Crippen LogP contribution is -2.24. The zero-order chi connectivity index (χ0) is 20.5. The van der Waals surface area contributed by atoms with Crippen LogP contribution >= 0.6 is 11.6 Å². The lowest BCUT2D eigenvalue weighted by molar-refractivity contribution is -0.118. The van der Waals surface area contributed by atoms with Crippen molar-refractivity contribution in [3.63, 3.8) is 0 Å². The minimum atomic E-state index is -0.489. The van der Waals surface area contributed by atoms with Crippen molar-refractivity contribution in [2.75, 3.05) is 5.32 Å². The second kappa shape index (κ2) is 7.72. The third-order valence-corrected chi connectivity index (χ3v) is 5.19. The molecule has 146 valence electrons. The molecule has 0 saturated heterocycles. The van der Waals surface area contributed by atoms with Crippen LogP contribution in [0.3, 0.4) is 0 Å². The van der Waals surface area contributed by atoms with Crippen LogP contribution in [-0.2, 0) is 4.79 Å². The quantitative estimate of drug-likeness (QED) is 0.442. The second-order valence-electron chi connectivity index (χ2n) is 7.36. The highest BCUT2D eigenvalue weighted by Gasteiger charge is 2.21. The van der Waals surface area contributed by atoms with Gasteiger partial charge in [-0.15, -0.1) is 0 Å². The number of aryl methyl sites for hydroxylation is 2. The van der Waals surface area contributed by atoms with Crippen LogP contribution in [0.5, 0.6) is 0 Å². The minimum absolute atomic E-state index is 0.117. The van der Waals surface area contributed by atoms with Crippen LogP contribution in [0.1, 0.15) is 24.1 Å². The van der Waals surface area contributed by atoms with E-state index in [9.17, 15) is 4.79 Å². The van der Waals surface area contributed by atoms with Gasteiger partial charge in [-0.25, -0.2) is 0 Å². The number of carbonyl (C=O) groups excluding carboxylic acids is 1. The van der Waals surface area contributed by atoms with E-state index < -0.39 is 6.04 Å². The number of nitrogens with one attached hydrogen (secondary N) is 1. The fourth-order valence-corrected chi connectivity index (χ4v) is 3.79. The van der Waals surface area contributed by atoms with Crippen molar-refractivity contribution in [1.29, 1.82) is 0 Å². The van der Waals surface area contributed by atoms with Gasteiger partial charge in [-0.3, -0.25) is 9.48 Å². The average molecular weight is 404 g/mol. The minimum Gasteiger partial charge on any atom is -0.324 e. The van der Waals surface area contributed by atoms with E-state index in [1.807, 2.05) is 81.4 Å². The molecule has 0 bridgehead atoms. The Bertz CT molecular complexity index is 1180. The Hall–Kier alpha value is -3.11. The van der Waals surface area contributed by atoms with Crippen molar-refractivity contribution in [2.24, 2.45) is 0 Å². The highest BCUT2D eigenvalue weighted by Crippen LogP contribution is 2.32. The van der Waals surface area contributed by atoms with E-state index in [-0.39, 0.29) is 5.91 Å². The van der Waals surface area contributed by atoms with Crippen molar-refractivity contribution in [2.45, 2.75) is 26.8 Å². The first-order valence-corrected chi connectivity index (χ1v) is 9.92. The molecular weight excluding hydrogens is 382 g/mol. The van der Waals surface area contributed by atoms with Crippen LogP contribution in [0.25, 0.3) is 22.2 Å². The molecule has 1 atom stereocenters. The number of rotatable bonds is 4. The van der Waals surface area contributed by atoms with Crippen molar-refractivity contribution >= 4 is 34.1 Å². The first-order valence-electron chi connectivity index (χ1n) is 9.55. The van der Waals surface area contributed by atoms with Crippen LogP contribution < -0.4 is 5.32 Å². The highest BCUT2D eigenvalue weighted by atomic mass is 35.5. The fourth-order valence-electron chi connectivity index (χ4n) is 3.62. The Morgan fingerprint density at radius 3 is 2.38 bits per heavy atom. The number of amides is 1. The number of carbonyl (C=O) groups is 1. The first-order chi connectivity index (χ1) is 13.9. The summed E-state index contributed by atoms with van der Waals surface area (Å²) in [6.45, 7) is 5.89. The Labute approximate surface area is 175 Å². The summed E-state index contributed by atoms with van der Waals surface area (Å²) >= 11 is 6.25. The Balaban J connectivity index is 1.74. The van der Waals surface area contributed by atoms with Crippen LogP contribution in [0, 0.1) is 13.8 Å². The zero-order valence-electron chi connectivity index (χ0n) is 16.6. The summed E-state index contributed by atoms with van der Waals surface area (Å²) in [6.07, 6.45) is 0. The van der Waals surface area contributed by atoms with Crippen LogP contribution in [-0.4, -0.2) is 15.7 Å². The van der Waals surface area contributed by atoms with Crippen molar-refractivity contribution in [3.8, 4) is 11.3 Å². The molecule has 4 aromatic rings. The van der Waals surface area contributed by atoms with Crippen LogP contribution in [0.4, 0.5) is 5.69 Å². The molecule has 5 heteroatoms. The van der Waals surface area contributed by atoms with Gasteiger partial charge in [-0.05, 0) is 62.2 Å². The molecule has 1 aromatic heterocycles. The molecular formula is C24H22ClN3O. The van der Waals surface area contributed by atoms with Gasteiger partial charge in [-0.1, -0.05) is 48.0 Å². The summed E-state index contributed by atoms with van der Waals surface area (Å²) in [5.74, 6) is -0.117. The van der Waals surface area contributed by atoms with Gasteiger partial charge in [0.25, 0.3) is 0 Å². The lowest BCUT2D eigenvalue weighted by atomic mass is 10.1. The van der Waals surface area contributed by atoms with E-state index in [2.05, 4.69) is 11.4 Å². The first kappa shape index (κ1) is 19.2. The smallest absolute Gasteiger partial charge is 0.248 e. The molecule has 1 amide bonds. The summed E-state index contributed by atoms with van der Waals surface area (Å²) in [4.78, 5) is 13.0. The van der Waals surface area contributed by atoms with Gasteiger partial charge in [0.1, 0.15) is 11.7 Å². The van der Waals surface area contributed by atoms with E-state index in [0.717, 1.165) is 39.0 Å². The molecule has 0 unspecified atom stereocenters. The topological polar surface area (TPSA) is 46.9 Å². The number of aromatic nitrogens is 2. The number of nitrogens with zero attached hydrogens (tertiary/aromatic N) is 2. The van der Waals surface area contributed by atoms with Crippen molar-refractivity contribution in [1.82, 2.24) is 9.78 Å². The van der Waals surface area contributed by atoms with E-state index in [4.69, 9.17) is 16.7 Å². The Morgan fingerprint density at radius 1 is 1.00 bits per heavy atom. The van der Waals surface area contributed by atoms with Gasteiger partial charge in [-0.2, -0.15) is 5.10 Å². The largest absolute Gasteiger partial charge is 0.324 e. The Kier molecular flexibility index (Phi) is 5.12. The van der Waals surface area contributed by atoms with Gasteiger partial charge in [0.2, 0.25) is 5.91 Å². The predicted octanol–water partition coefficient (Wildman–Crippen LogP) is 6.17. The lowest BCUT2D eigenvalue weighted by Gasteiger charge is -2.15. The summed E-state index contributed by atoms with van der Waals surface area (Å²) in [5, 5.41) is 9.38. The highest BCUT2D eigenvalue weighted by molar-refractivity contribution is 6.31. The number of hydrogen-bond acceptors (Lipinski definition) is 2. The maximum atomic E-state index is 13.0. The second-order valence-corrected chi connectivity index (χ2v) is 7.80. The number of anilines is 1. The number of benzene rings is 3. The SMILES string of the molecule is Cc1cc(C)cc(NC(=O)[C@H](C)n2nc(-c3ccccc3)c3cc(Cl)ccc32)c1. The molecule has 0 saturated carbocycles. The maximum Gasteiger partial charge on any atom is 0.248 e. The molecule has 0 radical (unpaired) electrons. The molecule has 0 fully saturated rings. The van der Waals surface area contributed by atoms with E-state index in [1.165, 1.54) is 0 Å². The number of hydrogen-bond donors (Lipinski definition) is 1. The van der Waals surface area contributed by atoms with E-state index >= 15 is 0 Å². The third-order valence-electron chi connectivity index (χ3n) is 4.95. The standard InChI is InChI=1S/C24H22ClN3O/c1-15-11-16(2)13-20(12-15)26-24(29)17(3)28-22-10-9-19(25)14-21(22)23(27-28)18-7-5-4-6-8-18/h4-14,17H,1-3H3,(H,26,29)/t17-/m0/s1. The summed E-state index contributed by atoms with van der Waals surface area (Å²) in [5.41, 5.74) is 5.69. The zero-order valence-corrected chi connectivity index (χ0v) is 17.4. The van der Waals surface area contributed by atoms with Crippen molar-refractivity contribution < 1.29 is 4.79 Å². The molecule has 0 aliphatic carbocycles. The number of halogens is 1. The number of fused-ring (bicyclic) bond motifs is 1. The van der Waals surface area contributed by atoms with Gasteiger partial charge in [0.05, 0.1) is 5.52 Å². The molecule has 29 heavy (non-hydrogen) atoms. The van der Waals surface area contributed by atoms with Crippen LogP contribution in [0.15, 0.2) is 66.7 Å². The van der Waals surface area contributed by atoms with Gasteiger partial charge in [0.15, 0.2) is 0 Å². The molecule has 0 aliphatic heterocycles. The summed E-state index contributed by atoms with van der Waals surface area (Å²) in [6, 6.07) is 21.1. The normalized spacial score (nSPS) is 12.1.